The van der Waals surface area contributed by atoms with E-state index in [4.69, 9.17) is 10.5 Å². The summed E-state index contributed by atoms with van der Waals surface area (Å²) in [6, 6.07) is 5.04. The second kappa shape index (κ2) is 4.68. The van der Waals surface area contributed by atoms with Crippen LogP contribution in [0.1, 0.15) is 17.3 Å². The zero-order valence-electron chi connectivity index (χ0n) is 9.28. The monoisotopic (exact) mass is 208 g/mol. The minimum absolute atomic E-state index is 0.0818. The molecule has 0 bridgehead atoms. The summed E-state index contributed by atoms with van der Waals surface area (Å²) >= 11 is 0. The molecule has 82 valence electrons. The van der Waals surface area contributed by atoms with Gasteiger partial charge in [-0.3, -0.25) is 4.79 Å². The van der Waals surface area contributed by atoms with Crippen molar-refractivity contribution in [3.8, 4) is 5.75 Å². The standard InChI is InChI=1S/C11H16N2O2/c1-4-13(2)11(14)9-7-8(12)5-6-10(9)15-3/h5-7H,4,12H2,1-3H3. The fourth-order valence-corrected chi connectivity index (χ4v) is 1.24. The number of rotatable bonds is 3. The molecule has 1 aromatic rings. The third kappa shape index (κ3) is 2.40. The average molecular weight is 208 g/mol. The molecule has 0 fully saturated rings. The average Bonchev–Trinajstić information content (AvgIpc) is 2.27. The molecular formula is C11H16N2O2. The minimum atomic E-state index is -0.0818. The largest absolute Gasteiger partial charge is 0.496 e. The number of nitrogens with zero attached hydrogens (tertiary/aromatic N) is 1. The predicted octanol–water partition coefficient (Wildman–Crippen LogP) is 1.37. The van der Waals surface area contributed by atoms with Crippen LogP contribution in [-0.4, -0.2) is 31.5 Å². The summed E-state index contributed by atoms with van der Waals surface area (Å²) in [6.07, 6.45) is 0. The van der Waals surface area contributed by atoms with Gasteiger partial charge in [-0.15, -0.1) is 0 Å². The second-order valence-corrected chi connectivity index (χ2v) is 3.28. The molecule has 15 heavy (non-hydrogen) atoms. The van der Waals surface area contributed by atoms with E-state index in [1.165, 1.54) is 7.11 Å². The third-order valence-corrected chi connectivity index (χ3v) is 2.27. The van der Waals surface area contributed by atoms with Gasteiger partial charge in [0.25, 0.3) is 5.91 Å². The van der Waals surface area contributed by atoms with Gasteiger partial charge in [0.1, 0.15) is 5.75 Å². The molecule has 4 nitrogen and oxygen atoms in total. The van der Waals surface area contributed by atoms with Gasteiger partial charge in [-0.05, 0) is 25.1 Å². The number of benzene rings is 1. The molecule has 0 radical (unpaired) electrons. The van der Waals surface area contributed by atoms with Gasteiger partial charge in [0.2, 0.25) is 0 Å². The summed E-state index contributed by atoms with van der Waals surface area (Å²) in [6.45, 7) is 2.56. The van der Waals surface area contributed by atoms with Gasteiger partial charge in [0.15, 0.2) is 0 Å². The van der Waals surface area contributed by atoms with E-state index in [-0.39, 0.29) is 5.91 Å². The lowest BCUT2D eigenvalue weighted by Crippen LogP contribution is -2.26. The summed E-state index contributed by atoms with van der Waals surface area (Å²) in [7, 11) is 3.28. The first-order valence-electron chi connectivity index (χ1n) is 4.79. The third-order valence-electron chi connectivity index (χ3n) is 2.27. The molecule has 0 saturated carbocycles. The lowest BCUT2D eigenvalue weighted by atomic mass is 10.1. The van der Waals surface area contributed by atoms with Crippen molar-refractivity contribution in [2.24, 2.45) is 0 Å². The number of nitrogen functional groups attached to an aromatic ring is 1. The van der Waals surface area contributed by atoms with Crippen LogP contribution in [0.15, 0.2) is 18.2 Å². The molecule has 0 saturated heterocycles. The molecule has 0 aromatic heterocycles. The fraction of sp³-hybridized carbons (Fsp3) is 0.364. The number of ether oxygens (including phenoxy) is 1. The molecule has 1 aromatic carbocycles. The number of carbonyl (C=O) groups is 1. The van der Waals surface area contributed by atoms with Crippen molar-refractivity contribution in [3.05, 3.63) is 23.8 Å². The number of hydrogen-bond donors (Lipinski definition) is 1. The smallest absolute Gasteiger partial charge is 0.257 e. The Morgan fingerprint density at radius 3 is 2.73 bits per heavy atom. The minimum Gasteiger partial charge on any atom is -0.496 e. The van der Waals surface area contributed by atoms with Gasteiger partial charge in [-0.25, -0.2) is 0 Å². The second-order valence-electron chi connectivity index (χ2n) is 3.28. The van der Waals surface area contributed by atoms with E-state index in [9.17, 15) is 4.79 Å². The molecule has 0 aliphatic rings. The molecule has 0 atom stereocenters. The Bertz CT molecular complexity index is 364. The van der Waals surface area contributed by atoms with Crippen LogP contribution in [0.2, 0.25) is 0 Å². The van der Waals surface area contributed by atoms with Gasteiger partial charge in [-0.1, -0.05) is 0 Å². The Morgan fingerprint density at radius 2 is 2.20 bits per heavy atom. The topological polar surface area (TPSA) is 55.6 Å². The Morgan fingerprint density at radius 1 is 1.53 bits per heavy atom. The fourth-order valence-electron chi connectivity index (χ4n) is 1.24. The highest BCUT2D eigenvalue weighted by molar-refractivity contribution is 5.97. The molecule has 0 unspecified atom stereocenters. The van der Waals surface area contributed by atoms with Crippen LogP contribution in [0.3, 0.4) is 0 Å². The molecule has 0 aliphatic heterocycles. The van der Waals surface area contributed by atoms with E-state index < -0.39 is 0 Å². The first-order chi connectivity index (χ1) is 7.10. The van der Waals surface area contributed by atoms with Crippen LogP contribution < -0.4 is 10.5 Å². The van der Waals surface area contributed by atoms with Crippen molar-refractivity contribution in [1.82, 2.24) is 4.90 Å². The van der Waals surface area contributed by atoms with Gasteiger partial charge in [-0.2, -0.15) is 0 Å². The summed E-state index contributed by atoms with van der Waals surface area (Å²) in [5.74, 6) is 0.469. The summed E-state index contributed by atoms with van der Waals surface area (Å²) in [4.78, 5) is 13.5. The SMILES string of the molecule is CCN(C)C(=O)c1cc(N)ccc1OC. The molecule has 0 heterocycles. The first kappa shape index (κ1) is 11.4. The predicted molar refractivity (Wildman–Crippen MR) is 60.0 cm³/mol. The van der Waals surface area contributed by atoms with Crippen molar-refractivity contribution < 1.29 is 9.53 Å². The van der Waals surface area contributed by atoms with Crippen LogP contribution in [0.25, 0.3) is 0 Å². The van der Waals surface area contributed by atoms with Crippen molar-refractivity contribution in [2.45, 2.75) is 6.92 Å². The number of amides is 1. The summed E-state index contributed by atoms with van der Waals surface area (Å²) in [5, 5.41) is 0. The van der Waals surface area contributed by atoms with Crippen LogP contribution in [-0.2, 0) is 0 Å². The Kier molecular flexibility index (Phi) is 3.55. The highest BCUT2D eigenvalue weighted by atomic mass is 16.5. The van der Waals surface area contributed by atoms with Crippen LogP contribution in [0.4, 0.5) is 5.69 Å². The molecular weight excluding hydrogens is 192 g/mol. The summed E-state index contributed by atoms with van der Waals surface area (Å²) in [5.41, 5.74) is 6.70. The van der Waals surface area contributed by atoms with Gasteiger partial charge < -0.3 is 15.4 Å². The van der Waals surface area contributed by atoms with Gasteiger partial charge in [0.05, 0.1) is 12.7 Å². The number of carbonyl (C=O) groups excluding carboxylic acids is 1. The van der Waals surface area contributed by atoms with Gasteiger partial charge >= 0.3 is 0 Å². The quantitative estimate of drug-likeness (QED) is 0.763. The number of anilines is 1. The normalized spacial score (nSPS) is 9.80. The number of methoxy groups -OCH3 is 1. The van der Waals surface area contributed by atoms with Crippen LogP contribution in [0, 0.1) is 0 Å². The first-order valence-corrected chi connectivity index (χ1v) is 4.79. The highest BCUT2D eigenvalue weighted by Gasteiger charge is 2.15. The highest BCUT2D eigenvalue weighted by Crippen LogP contribution is 2.22. The molecule has 0 spiro atoms. The number of nitrogens with two attached hydrogens (primary N) is 1. The Hall–Kier alpha value is -1.71. The van der Waals surface area contributed by atoms with E-state index in [0.717, 1.165) is 0 Å². The molecule has 4 heteroatoms. The van der Waals surface area contributed by atoms with E-state index in [2.05, 4.69) is 0 Å². The van der Waals surface area contributed by atoms with E-state index >= 15 is 0 Å². The van der Waals surface area contributed by atoms with Crippen molar-refractivity contribution >= 4 is 11.6 Å². The maximum Gasteiger partial charge on any atom is 0.257 e. The van der Waals surface area contributed by atoms with Crippen LogP contribution in [0.5, 0.6) is 5.75 Å². The van der Waals surface area contributed by atoms with E-state index in [1.54, 1.807) is 30.1 Å². The van der Waals surface area contributed by atoms with Crippen molar-refractivity contribution in [2.75, 3.05) is 26.4 Å². The molecule has 1 amide bonds. The lowest BCUT2D eigenvalue weighted by molar-refractivity contribution is 0.0799. The zero-order chi connectivity index (χ0) is 11.4. The van der Waals surface area contributed by atoms with Crippen molar-refractivity contribution in [3.63, 3.8) is 0 Å². The Labute approximate surface area is 89.6 Å². The van der Waals surface area contributed by atoms with Gasteiger partial charge in [0, 0.05) is 19.3 Å². The Balaban J connectivity index is 3.11. The molecule has 0 aliphatic carbocycles. The zero-order valence-corrected chi connectivity index (χ0v) is 9.28. The van der Waals surface area contributed by atoms with Crippen LogP contribution >= 0.6 is 0 Å². The number of hydrogen-bond acceptors (Lipinski definition) is 3. The van der Waals surface area contributed by atoms with E-state index in [1.807, 2.05) is 6.92 Å². The lowest BCUT2D eigenvalue weighted by Gasteiger charge is -2.16. The molecule has 1 rings (SSSR count). The maximum absolute atomic E-state index is 11.9. The van der Waals surface area contributed by atoms with Crippen molar-refractivity contribution in [1.29, 1.82) is 0 Å². The summed E-state index contributed by atoms with van der Waals surface area (Å²) < 4.78 is 5.11. The van der Waals surface area contributed by atoms with E-state index in [0.29, 0.717) is 23.5 Å². The molecule has 2 N–H and O–H groups in total. The maximum atomic E-state index is 11.9.